The average molecular weight is 624 g/mol. The van der Waals surface area contributed by atoms with E-state index >= 15 is 0 Å². The van der Waals surface area contributed by atoms with Crippen molar-refractivity contribution in [2.45, 2.75) is 6.42 Å². The van der Waals surface area contributed by atoms with Gasteiger partial charge in [-0.3, -0.25) is 15.3 Å². The van der Waals surface area contributed by atoms with Crippen molar-refractivity contribution in [2.75, 3.05) is 24.5 Å². The molecule has 0 saturated heterocycles. The van der Waals surface area contributed by atoms with Crippen LogP contribution in [-0.4, -0.2) is 26.0 Å². The number of hydrogen-bond acceptors (Lipinski definition) is 4. The summed E-state index contributed by atoms with van der Waals surface area (Å²) in [5.41, 5.74) is 11.6. The Kier molecular flexibility index (Phi) is 8.57. The molecule has 0 fully saturated rings. The summed E-state index contributed by atoms with van der Waals surface area (Å²) in [6.45, 7) is 3.90. The summed E-state index contributed by atoms with van der Waals surface area (Å²) in [4.78, 5) is 4.42. The molecule has 0 unspecified atom stereocenters. The van der Waals surface area contributed by atoms with E-state index in [2.05, 4.69) is 150 Å². The Labute approximate surface area is 281 Å². The second kappa shape index (κ2) is 13.4. The summed E-state index contributed by atoms with van der Waals surface area (Å²) in [7, 11) is 3.51. The quantitative estimate of drug-likeness (QED) is 0.0955. The fourth-order valence-electron chi connectivity index (χ4n) is 6.72. The van der Waals surface area contributed by atoms with Crippen molar-refractivity contribution < 1.29 is 5.21 Å². The Morgan fingerprint density at radius 1 is 0.646 bits per heavy atom. The van der Waals surface area contributed by atoms with Crippen LogP contribution >= 0.6 is 0 Å². The summed E-state index contributed by atoms with van der Waals surface area (Å²) < 4.78 is 0. The normalized spacial score (nSPS) is 11.5. The lowest BCUT2D eigenvalue weighted by molar-refractivity contribution is 0.280. The van der Waals surface area contributed by atoms with Crippen molar-refractivity contribution in [3.05, 3.63) is 163 Å². The Bertz CT molecular complexity index is 2230. The maximum atomic E-state index is 10.4. The Balaban J connectivity index is 1.28. The van der Waals surface area contributed by atoms with Gasteiger partial charge in [0.05, 0.1) is 17.1 Å². The minimum absolute atomic E-state index is 0.714. The van der Waals surface area contributed by atoms with Crippen molar-refractivity contribution in [2.24, 2.45) is 4.99 Å². The van der Waals surface area contributed by atoms with Crippen LogP contribution in [0.25, 0.3) is 60.6 Å². The third-order valence-electron chi connectivity index (χ3n) is 9.04. The number of allylic oxidation sites excluding steroid dienone is 1. The minimum Gasteiger partial charge on any atom is -0.386 e. The number of fused-ring (bicyclic) bond motifs is 2. The molecule has 0 aliphatic carbocycles. The fraction of sp³-hybridized carbons (Fsp3) is 0.0682. The van der Waals surface area contributed by atoms with E-state index in [1.54, 1.807) is 7.05 Å². The van der Waals surface area contributed by atoms with Crippen LogP contribution < -0.4 is 10.4 Å². The van der Waals surface area contributed by atoms with Crippen molar-refractivity contribution in [3.8, 4) is 33.4 Å². The van der Waals surface area contributed by atoms with Crippen LogP contribution in [0.5, 0.6) is 0 Å². The summed E-state index contributed by atoms with van der Waals surface area (Å²) >= 11 is 0. The lowest BCUT2D eigenvalue weighted by Crippen LogP contribution is -2.12. The van der Waals surface area contributed by atoms with Gasteiger partial charge in [-0.15, -0.1) is 0 Å². The lowest BCUT2D eigenvalue weighted by Gasteiger charge is -2.20. The van der Waals surface area contributed by atoms with Gasteiger partial charge in [-0.2, -0.15) is 0 Å². The van der Waals surface area contributed by atoms with E-state index in [1.807, 2.05) is 25.2 Å². The fourth-order valence-corrected chi connectivity index (χ4v) is 6.72. The maximum Gasteiger partial charge on any atom is 0.0868 e. The summed E-state index contributed by atoms with van der Waals surface area (Å²) in [6, 6.07) is 51.2. The standard InChI is InChI=1S/C44H37N3O/c1-45-40(26-20-30-12-11-15-34(28-30)31-13-5-4-6-14-31)32-21-23-33(24-22-32)43-36-16-7-9-18-38(36)44(39-19-10-8-17-37(39)43)35-25-27-41(46-2)42(29-35)47(3)48/h4-19,21-29,46,48H,1,20H2,2-3H3/b40-26-. The van der Waals surface area contributed by atoms with Gasteiger partial charge in [-0.1, -0.05) is 140 Å². The number of rotatable bonds is 9. The van der Waals surface area contributed by atoms with Gasteiger partial charge in [0.25, 0.3) is 0 Å². The van der Waals surface area contributed by atoms with Crippen molar-refractivity contribution in [1.82, 2.24) is 0 Å². The molecule has 0 atom stereocenters. The third-order valence-corrected chi connectivity index (χ3v) is 9.04. The van der Waals surface area contributed by atoms with Gasteiger partial charge in [0.2, 0.25) is 0 Å². The molecule has 0 bridgehead atoms. The molecule has 0 heterocycles. The zero-order valence-corrected chi connectivity index (χ0v) is 27.2. The van der Waals surface area contributed by atoms with Crippen molar-refractivity contribution in [1.29, 1.82) is 0 Å². The van der Waals surface area contributed by atoms with Gasteiger partial charge in [-0.05, 0) is 91.3 Å². The monoisotopic (exact) mass is 623 g/mol. The highest BCUT2D eigenvalue weighted by molar-refractivity contribution is 6.21. The highest BCUT2D eigenvalue weighted by atomic mass is 16.5. The molecule has 0 aromatic heterocycles. The zero-order chi connectivity index (χ0) is 33.0. The second-order valence-electron chi connectivity index (χ2n) is 11.9. The van der Waals surface area contributed by atoms with Crippen molar-refractivity contribution in [3.63, 3.8) is 0 Å². The molecule has 48 heavy (non-hydrogen) atoms. The number of nitrogens with zero attached hydrogens (tertiary/aromatic N) is 2. The van der Waals surface area contributed by atoms with Gasteiger partial charge in [0.1, 0.15) is 0 Å². The smallest absolute Gasteiger partial charge is 0.0868 e. The van der Waals surface area contributed by atoms with E-state index < -0.39 is 0 Å². The van der Waals surface area contributed by atoms with Gasteiger partial charge < -0.3 is 5.32 Å². The second-order valence-corrected chi connectivity index (χ2v) is 11.9. The molecule has 0 spiro atoms. The first-order chi connectivity index (χ1) is 23.6. The number of benzene rings is 7. The van der Waals surface area contributed by atoms with E-state index in [0.717, 1.165) is 55.9 Å². The average Bonchev–Trinajstić information content (AvgIpc) is 3.14. The predicted molar refractivity (Wildman–Crippen MR) is 205 cm³/mol. The molecule has 234 valence electrons. The maximum absolute atomic E-state index is 10.4. The van der Waals surface area contributed by atoms with Crippen LogP contribution in [0.2, 0.25) is 0 Å². The molecule has 0 aliphatic heterocycles. The number of hydroxylamine groups is 1. The van der Waals surface area contributed by atoms with E-state index in [1.165, 1.54) is 33.0 Å². The van der Waals surface area contributed by atoms with E-state index in [9.17, 15) is 5.21 Å². The SMILES string of the molecule is C=N/C(=C\Cc1cccc(-c2ccccc2)c1)c1ccc(-c2c3ccccc3c(-c3ccc(NC)c(N(C)O)c3)c3ccccc23)cc1. The molecule has 4 nitrogen and oxygen atoms in total. The topological polar surface area (TPSA) is 47.9 Å². The zero-order valence-electron chi connectivity index (χ0n) is 27.2. The van der Waals surface area contributed by atoms with Crippen LogP contribution in [0.3, 0.4) is 0 Å². The van der Waals surface area contributed by atoms with Crippen LogP contribution in [0.4, 0.5) is 11.4 Å². The molecule has 0 saturated carbocycles. The van der Waals surface area contributed by atoms with Gasteiger partial charge >= 0.3 is 0 Å². The number of hydrogen-bond donors (Lipinski definition) is 2. The Morgan fingerprint density at radius 3 is 1.79 bits per heavy atom. The molecular weight excluding hydrogens is 587 g/mol. The Morgan fingerprint density at radius 2 is 1.21 bits per heavy atom. The number of aliphatic imine (C=N–C) groups is 1. The molecular formula is C44H37N3O. The van der Waals surface area contributed by atoms with E-state index in [4.69, 9.17) is 0 Å². The summed E-state index contributed by atoms with van der Waals surface area (Å²) in [5, 5.41) is 19.4. The predicted octanol–water partition coefficient (Wildman–Crippen LogP) is 11.1. The number of nitrogens with one attached hydrogen (secondary N) is 1. The van der Waals surface area contributed by atoms with Gasteiger partial charge in [0, 0.05) is 14.1 Å². The molecule has 4 heteroatoms. The van der Waals surface area contributed by atoms with Gasteiger partial charge in [-0.25, -0.2) is 0 Å². The molecule has 0 radical (unpaired) electrons. The van der Waals surface area contributed by atoms with Crippen LogP contribution in [0.1, 0.15) is 11.1 Å². The van der Waals surface area contributed by atoms with Crippen LogP contribution in [0, 0.1) is 0 Å². The number of anilines is 2. The highest BCUT2D eigenvalue weighted by Crippen LogP contribution is 2.45. The summed E-state index contributed by atoms with van der Waals surface area (Å²) in [6.07, 6.45) is 2.92. The third kappa shape index (κ3) is 5.86. The molecule has 7 rings (SSSR count). The molecule has 2 N–H and O–H groups in total. The van der Waals surface area contributed by atoms with Crippen LogP contribution in [-0.2, 0) is 6.42 Å². The minimum atomic E-state index is 0.714. The van der Waals surface area contributed by atoms with E-state index in [-0.39, 0.29) is 0 Å². The Hall–Kier alpha value is -5.97. The highest BCUT2D eigenvalue weighted by Gasteiger charge is 2.18. The summed E-state index contributed by atoms with van der Waals surface area (Å²) in [5.74, 6) is 0. The first-order valence-corrected chi connectivity index (χ1v) is 16.2. The first kappa shape index (κ1) is 30.7. The molecule has 7 aromatic rings. The first-order valence-electron chi connectivity index (χ1n) is 16.2. The van der Waals surface area contributed by atoms with E-state index in [0.29, 0.717) is 5.69 Å². The van der Waals surface area contributed by atoms with Crippen molar-refractivity contribution >= 4 is 45.3 Å². The largest absolute Gasteiger partial charge is 0.386 e. The van der Waals surface area contributed by atoms with Gasteiger partial charge in [0.15, 0.2) is 0 Å². The van der Waals surface area contributed by atoms with Crippen LogP contribution in [0.15, 0.2) is 157 Å². The molecule has 0 amide bonds. The lowest BCUT2D eigenvalue weighted by atomic mass is 9.85. The molecule has 0 aliphatic rings. The molecule has 7 aromatic carbocycles.